The smallest absolute Gasteiger partial charge is 0.129 e. The predicted octanol–water partition coefficient (Wildman–Crippen LogP) is 4.20. The molecule has 0 heterocycles. The van der Waals surface area contributed by atoms with Gasteiger partial charge in [0.05, 0.1) is 4.90 Å². The Labute approximate surface area is 97.7 Å². The Hall–Kier alpha value is -1.12. The Balaban J connectivity index is 2.22. The van der Waals surface area contributed by atoms with Crippen LogP contribution in [0.1, 0.15) is 0 Å². The van der Waals surface area contributed by atoms with E-state index in [1.54, 1.807) is 12.1 Å². The van der Waals surface area contributed by atoms with E-state index < -0.39 is 0 Å². The SMILES string of the molecule is Oc1ccccc1Sc1ccc(Cl)cc1. The van der Waals surface area contributed by atoms with Crippen LogP contribution in [0.5, 0.6) is 5.75 Å². The number of hydrogen-bond donors (Lipinski definition) is 1. The number of hydrogen-bond acceptors (Lipinski definition) is 2. The van der Waals surface area contributed by atoms with Crippen molar-refractivity contribution in [1.82, 2.24) is 0 Å². The van der Waals surface area contributed by atoms with Gasteiger partial charge in [0.25, 0.3) is 0 Å². The third kappa shape index (κ3) is 2.67. The lowest BCUT2D eigenvalue weighted by Gasteiger charge is -2.03. The van der Waals surface area contributed by atoms with E-state index in [-0.39, 0.29) is 0 Å². The van der Waals surface area contributed by atoms with Crippen LogP contribution >= 0.6 is 23.4 Å². The van der Waals surface area contributed by atoms with Crippen LogP contribution in [0.4, 0.5) is 0 Å². The molecule has 0 spiro atoms. The fourth-order valence-electron chi connectivity index (χ4n) is 1.17. The minimum atomic E-state index is 0.303. The van der Waals surface area contributed by atoms with Crippen LogP contribution in [0.3, 0.4) is 0 Å². The Morgan fingerprint density at radius 2 is 1.60 bits per heavy atom. The molecule has 0 amide bonds. The summed E-state index contributed by atoms with van der Waals surface area (Å²) in [5, 5.41) is 10.3. The van der Waals surface area contributed by atoms with Crippen molar-refractivity contribution >= 4 is 23.4 Å². The highest BCUT2D eigenvalue weighted by Gasteiger charge is 2.01. The van der Waals surface area contributed by atoms with Gasteiger partial charge in [-0.1, -0.05) is 35.5 Å². The molecule has 0 aliphatic heterocycles. The van der Waals surface area contributed by atoms with Crippen molar-refractivity contribution in [2.24, 2.45) is 0 Å². The van der Waals surface area contributed by atoms with Gasteiger partial charge in [-0.25, -0.2) is 0 Å². The van der Waals surface area contributed by atoms with Crippen molar-refractivity contribution in [2.75, 3.05) is 0 Å². The van der Waals surface area contributed by atoms with Gasteiger partial charge in [-0.3, -0.25) is 0 Å². The van der Waals surface area contributed by atoms with Gasteiger partial charge in [0, 0.05) is 9.92 Å². The molecular formula is C12H9ClOS. The van der Waals surface area contributed by atoms with E-state index in [4.69, 9.17) is 11.6 Å². The number of phenolic OH excluding ortho intramolecular Hbond substituents is 1. The molecular weight excluding hydrogens is 228 g/mol. The number of phenols is 1. The van der Waals surface area contributed by atoms with Crippen LogP contribution in [-0.4, -0.2) is 5.11 Å². The van der Waals surface area contributed by atoms with Gasteiger partial charge in [-0.2, -0.15) is 0 Å². The molecule has 76 valence electrons. The van der Waals surface area contributed by atoms with E-state index in [2.05, 4.69) is 0 Å². The lowest BCUT2D eigenvalue weighted by atomic mass is 10.3. The summed E-state index contributed by atoms with van der Waals surface area (Å²) >= 11 is 7.30. The van der Waals surface area contributed by atoms with Crippen LogP contribution in [0.2, 0.25) is 5.02 Å². The van der Waals surface area contributed by atoms with Crippen LogP contribution in [0.15, 0.2) is 58.3 Å². The highest BCUT2D eigenvalue weighted by atomic mass is 35.5. The minimum absolute atomic E-state index is 0.303. The maximum absolute atomic E-state index is 9.58. The monoisotopic (exact) mass is 236 g/mol. The number of para-hydroxylation sites is 1. The normalized spacial score (nSPS) is 10.2. The largest absolute Gasteiger partial charge is 0.507 e. The zero-order valence-electron chi connectivity index (χ0n) is 7.85. The summed E-state index contributed by atoms with van der Waals surface area (Å²) in [6.07, 6.45) is 0. The van der Waals surface area contributed by atoms with Crippen LogP contribution < -0.4 is 0 Å². The zero-order chi connectivity index (χ0) is 10.7. The van der Waals surface area contributed by atoms with Gasteiger partial charge < -0.3 is 5.11 Å². The third-order valence-electron chi connectivity index (χ3n) is 1.91. The highest BCUT2D eigenvalue weighted by molar-refractivity contribution is 7.99. The van der Waals surface area contributed by atoms with Crippen LogP contribution in [0, 0.1) is 0 Å². The zero-order valence-corrected chi connectivity index (χ0v) is 9.42. The van der Waals surface area contributed by atoms with Crippen LogP contribution in [-0.2, 0) is 0 Å². The number of halogens is 1. The molecule has 0 unspecified atom stereocenters. The summed E-state index contributed by atoms with van der Waals surface area (Å²) in [7, 11) is 0. The third-order valence-corrected chi connectivity index (χ3v) is 3.23. The first kappa shape index (κ1) is 10.4. The van der Waals surface area contributed by atoms with Gasteiger partial charge in [0.2, 0.25) is 0 Å². The lowest BCUT2D eigenvalue weighted by molar-refractivity contribution is 0.462. The molecule has 2 aromatic rings. The second-order valence-corrected chi connectivity index (χ2v) is 4.58. The maximum Gasteiger partial charge on any atom is 0.129 e. The first-order valence-electron chi connectivity index (χ1n) is 4.47. The molecule has 0 fully saturated rings. The summed E-state index contributed by atoms with van der Waals surface area (Å²) in [6, 6.07) is 14.8. The van der Waals surface area contributed by atoms with E-state index >= 15 is 0 Å². The van der Waals surface area contributed by atoms with E-state index in [1.807, 2.05) is 36.4 Å². The number of benzene rings is 2. The molecule has 0 aromatic heterocycles. The Kier molecular flexibility index (Phi) is 3.19. The summed E-state index contributed by atoms with van der Waals surface area (Å²) in [5.41, 5.74) is 0. The van der Waals surface area contributed by atoms with Gasteiger partial charge in [0.15, 0.2) is 0 Å². The predicted molar refractivity (Wildman–Crippen MR) is 63.7 cm³/mol. The summed E-state index contributed by atoms with van der Waals surface area (Å²) < 4.78 is 0. The molecule has 2 aromatic carbocycles. The molecule has 0 aliphatic carbocycles. The van der Waals surface area contributed by atoms with Crippen molar-refractivity contribution < 1.29 is 5.11 Å². The average Bonchev–Trinajstić information content (AvgIpc) is 2.25. The standard InChI is InChI=1S/C12H9ClOS/c13-9-5-7-10(8-6-9)15-12-4-2-1-3-11(12)14/h1-8,14H. The summed E-state index contributed by atoms with van der Waals surface area (Å²) in [6.45, 7) is 0. The van der Waals surface area contributed by atoms with Crippen molar-refractivity contribution in [3.63, 3.8) is 0 Å². The van der Waals surface area contributed by atoms with Crippen LogP contribution in [0.25, 0.3) is 0 Å². The number of rotatable bonds is 2. The van der Waals surface area contributed by atoms with Gasteiger partial charge in [-0.05, 0) is 36.4 Å². The molecule has 0 saturated heterocycles. The average molecular weight is 237 g/mol. The quantitative estimate of drug-likeness (QED) is 0.844. The Morgan fingerprint density at radius 1 is 0.933 bits per heavy atom. The molecule has 15 heavy (non-hydrogen) atoms. The van der Waals surface area contributed by atoms with Crippen molar-refractivity contribution in [1.29, 1.82) is 0 Å². The van der Waals surface area contributed by atoms with Gasteiger partial charge >= 0.3 is 0 Å². The van der Waals surface area contributed by atoms with E-state index in [1.165, 1.54) is 11.8 Å². The molecule has 0 radical (unpaired) electrons. The van der Waals surface area contributed by atoms with Crippen molar-refractivity contribution in [2.45, 2.75) is 9.79 Å². The first-order chi connectivity index (χ1) is 7.25. The van der Waals surface area contributed by atoms with E-state index in [0.29, 0.717) is 5.75 Å². The molecule has 1 nitrogen and oxygen atoms in total. The topological polar surface area (TPSA) is 20.2 Å². The fourth-order valence-corrected chi connectivity index (χ4v) is 2.14. The fraction of sp³-hybridized carbons (Fsp3) is 0. The molecule has 0 saturated carbocycles. The first-order valence-corrected chi connectivity index (χ1v) is 5.66. The lowest BCUT2D eigenvalue weighted by Crippen LogP contribution is -1.74. The molecule has 2 rings (SSSR count). The van der Waals surface area contributed by atoms with Crippen molar-refractivity contribution in [3.8, 4) is 5.75 Å². The second kappa shape index (κ2) is 4.60. The second-order valence-electron chi connectivity index (χ2n) is 3.02. The van der Waals surface area contributed by atoms with E-state index in [0.717, 1.165) is 14.8 Å². The molecule has 1 N–H and O–H groups in total. The molecule has 3 heteroatoms. The van der Waals surface area contributed by atoms with Gasteiger partial charge in [0.1, 0.15) is 5.75 Å². The highest BCUT2D eigenvalue weighted by Crippen LogP contribution is 2.34. The maximum atomic E-state index is 9.58. The van der Waals surface area contributed by atoms with Gasteiger partial charge in [-0.15, -0.1) is 0 Å². The Bertz CT molecular complexity index is 453. The molecule has 0 atom stereocenters. The van der Waals surface area contributed by atoms with E-state index in [9.17, 15) is 5.11 Å². The Morgan fingerprint density at radius 3 is 2.27 bits per heavy atom. The minimum Gasteiger partial charge on any atom is -0.507 e. The summed E-state index contributed by atoms with van der Waals surface area (Å²) in [4.78, 5) is 1.90. The molecule has 0 bridgehead atoms. The number of aromatic hydroxyl groups is 1. The molecule has 0 aliphatic rings. The van der Waals surface area contributed by atoms with Crippen molar-refractivity contribution in [3.05, 3.63) is 53.6 Å². The summed E-state index contributed by atoms with van der Waals surface area (Å²) in [5.74, 6) is 0.303.